The average molecular weight is 332 g/mol. The molecular weight excluding hydrogens is 304 g/mol. The summed E-state index contributed by atoms with van der Waals surface area (Å²) in [6.07, 6.45) is 8.83. The largest absolute Gasteiger partial charge is 0.353 e. The SMILES string of the molecule is C[C@@H](NC(=O)CCN1C(=O)CCC1=O)C12CC3CC(CC(C3)C1)C2. The molecule has 24 heavy (non-hydrogen) atoms. The van der Waals surface area contributed by atoms with Crippen molar-refractivity contribution >= 4 is 17.7 Å². The molecule has 0 unspecified atom stereocenters. The fourth-order valence-electron chi connectivity index (χ4n) is 6.26. The number of nitrogens with zero attached hydrogens (tertiary/aromatic N) is 1. The maximum absolute atomic E-state index is 12.4. The number of nitrogens with one attached hydrogen (secondary N) is 1. The first kappa shape index (κ1) is 16.1. The molecule has 4 aliphatic carbocycles. The van der Waals surface area contributed by atoms with Crippen molar-refractivity contribution in [3.05, 3.63) is 0 Å². The molecule has 0 aromatic heterocycles. The van der Waals surface area contributed by atoms with Crippen LogP contribution in [0, 0.1) is 23.2 Å². The highest BCUT2D eigenvalue weighted by Crippen LogP contribution is 2.61. The number of imide groups is 1. The Morgan fingerprint density at radius 1 is 1.08 bits per heavy atom. The van der Waals surface area contributed by atoms with Crippen molar-refractivity contribution in [2.75, 3.05) is 6.54 Å². The van der Waals surface area contributed by atoms with Crippen molar-refractivity contribution in [3.8, 4) is 0 Å². The molecule has 1 aliphatic heterocycles. The van der Waals surface area contributed by atoms with E-state index >= 15 is 0 Å². The molecule has 1 saturated heterocycles. The average Bonchev–Trinajstić information content (AvgIpc) is 2.82. The summed E-state index contributed by atoms with van der Waals surface area (Å²) in [4.78, 5) is 36.8. The van der Waals surface area contributed by atoms with Gasteiger partial charge in [-0.05, 0) is 68.6 Å². The zero-order valence-corrected chi connectivity index (χ0v) is 14.6. The number of carbonyl (C=O) groups is 3. The van der Waals surface area contributed by atoms with Gasteiger partial charge < -0.3 is 5.32 Å². The Labute approximate surface area is 143 Å². The third-order valence-electron chi connectivity index (χ3n) is 7.10. The van der Waals surface area contributed by atoms with Gasteiger partial charge in [-0.2, -0.15) is 0 Å². The molecule has 5 fully saturated rings. The van der Waals surface area contributed by atoms with Crippen LogP contribution in [0.1, 0.15) is 64.7 Å². The van der Waals surface area contributed by atoms with Gasteiger partial charge in [0.15, 0.2) is 0 Å². The van der Waals surface area contributed by atoms with Gasteiger partial charge >= 0.3 is 0 Å². The Bertz CT molecular complexity index is 520. The summed E-state index contributed by atoms with van der Waals surface area (Å²) in [6, 6.07) is 0.198. The molecule has 0 radical (unpaired) electrons. The maximum atomic E-state index is 12.4. The Kier molecular flexibility index (Phi) is 3.92. The van der Waals surface area contributed by atoms with Crippen LogP contribution >= 0.6 is 0 Å². The summed E-state index contributed by atoms with van der Waals surface area (Å²) >= 11 is 0. The first-order chi connectivity index (χ1) is 11.4. The topological polar surface area (TPSA) is 66.5 Å². The number of hydrogen-bond acceptors (Lipinski definition) is 3. The molecule has 132 valence electrons. The van der Waals surface area contributed by atoms with Crippen LogP contribution in [0.5, 0.6) is 0 Å². The quantitative estimate of drug-likeness (QED) is 0.785. The number of rotatable bonds is 5. The third kappa shape index (κ3) is 2.76. The highest BCUT2D eigenvalue weighted by molar-refractivity contribution is 6.02. The van der Waals surface area contributed by atoms with Crippen molar-refractivity contribution in [2.24, 2.45) is 23.2 Å². The summed E-state index contributed by atoms with van der Waals surface area (Å²) in [5.41, 5.74) is 0.295. The molecule has 1 atom stereocenters. The van der Waals surface area contributed by atoms with Gasteiger partial charge in [0.25, 0.3) is 0 Å². The van der Waals surface area contributed by atoms with Crippen LogP contribution in [0.4, 0.5) is 0 Å². The Balaban J connectivity index is 1.33. The normalized spacial score (nSPS) is 38.7. The highest BCUT2D eigenvalue weighted by Gasteiger charge is 2.53. The van der Waals surface area contributed by atoms with E-state index in [2.05, 4.69) is 12.2 Å². The zero-order valence-electron chi connectivity index (χ0n) is 14.6. The van der Waals surface area contributed by atoms with Crippen molar-refractivity contribution in [1.29, 1.82) is 0 Å². The van der Waals surface area contributed by atoms with Crippen LogP contribution in [-0.4, -0.2) is 35.2 Å². The minimum Gasteiger partial charge on any atom is -0.353 e. The van der Waals surface area contributed by atoms with E-state index < -0.39 is 0 Å². The van der Waals surface area contributed by atoms with Crippen LogP contribution < -0.4 is 5.32 Å². The van der Waals surface area contributed by atoms with E-state index in [0.717, 1.165) is 17.8 Å². The smallest absolute Gasteiger partial charge is 0.229 e. The summed E-state index contributed by atoms with van der Waals surface area (Å²) in [7, 11) is 0. The van der Waals surface area contributed by atoms with Gasteiger partial charge in [0, 0.05) is 31.8 Å². The molecule has 3 amide bonds. The second-order valence-corrected chi connectivity index (χ2v) is 8.76. The number of likely N-dealkylation sites (tertiary alicyclic amines) is 1. The Hall–Kier alpha value is -1.39. The van der Waals surface area contributed by atoms with Gasteiger partial charge in [0.1, 0.15) is 0 Å². The standard InChI is InChI=1S/C19H28N2O3/c1-12(19-9-13-6-14(10-19)8-15(7-13)11-19)20-16(22)4-5-21-17(23)2-3-18(21)24/h12-15H,2-11H2,1H3,(H,20,22)/t12-,13?,14?,15?,19?/m1/s1. The number of hydrogen-bond donors (Lipinski definition) is 1. The van der Waals surface area contributed by atoms with E-state index in [4.69, 9.17) is 0 Å². The van der Waals surface area contributed by atoms with Crippen LogP contribution in [0.15, 0.2) is 0 Å². The third-order valence-corrected chi connectivity index (χ3v) is 7.10. The minimum atomic E-state index is -0.137. The van der Waals surface area contributed by atoms with Crippen molar-refractivity contribution in [2.45, 2.75) is 70.8 Å². The molecule has 0 aromatic carbocycles. The van der Waals surface area contributed by atoms with E-state index in [-0.39, 0.29) is 36.7 Å². The van der Waals surface area contributed by atoms with Gasteiger partial charge in [-0.3, -0.25) is 19.3 Å². The second-order valence-electron chi connectivity index (χ2n) is 8.76. The predicted molar refractivity (Wildman–Crippen MR) is 88.8 cm³/mol. The Morgan fingerprint density at radius 2 is 1.58 bits per heavy atom. The fourth-order valence-corrected chi connectivity index (χ4v) is 6.26. The van der Waals surface area contributed by atoms with E-state index in [1.54, 1.807) is 0 Å². The van der Waals surface area contributed by atoms with Crippen molar-refractivity contribution in [3.63, 3.8) is 0 Å². The van der Waals surface area contributed by atoms with Gasteiger partial charge in [0.05, 0.1) is 0 Å². The highest BCUT2D eigenvalue weighted by atomic mass is 16.2. The first-order valence-electron chi connectivity index (χ1n) is 9.58. The molecule has 1 N–H and O–H groups in total. The van der Waals surface area contributed by atoms with E-state index in [1.165, 1.54) is 43.4 Å². The maximum Gasteiger partial charge on any atom is 0.229 e. The lowest BCUT2D eigenvalue weighted by molar-refractivity contribution is -0.138. The van der Waals surface area contributed by atoms with Crippen LogP contribution in [0.3, 0.4) is 0 Å². The fraction of sp³-hybridized carbons (Fsp3) is 0.842. The first-order valence-corrected chi connectivity index (χ1v) is 9.58. The minimum absolute atomic E-state index is 0.0225. The second kappa shape index (κ2) is 5.85. The Morgan fingerprint density at radius 3 is 2.08 bits per heavy atom. The predicted octanol–water partition coefficient (Wildman–Crippen LogP) is 2.25. The molecule has 0 spiro atoms. The number of amides is 3. The molecule has 1 heterocycles. The zero-order chi connectivity index (χ0) is 16.9. The van der Waals surface area contributed by atoms with Gasteiger partial charge in [-0.25, -0.2) is 0 Å². The van der Waals surface area contributed by atoms with Crippen molar-refractivity contribution < 1.29 is 14.4 Å². The summed E-state index contributed by atoms with van der Waals surface area (Å²) in [5.74, 6) is 2.32. The molecule has 5 heteroatoms. The van der Waals surface area contributed by atoms with Gasteiger partial charge in [-0.1, -0.05) is 0 Å². The molecule has 5 aliphatic rings. The lowest BCUT2D eigenvalue weighted by Gasteiger charge is -2.59. The van der Waals surface area contributed by atoms with Crippen LogP contribution in [0.2, 0.25) is 0 Å². The van der Waals surface area contributed by atoms with Crippen LogP contribution in [0.25, 0.3) is 0 Å². The molecular formula is C19H28N2O3. The number of carbonyl (C=O) groups excluding carboxylic acids is 3. The molecule has 4 saturated carbocycles. The molecule has 5 nitrogen and oxygen atoms in total. The van der Waals surface area contributed by atoms with E-state index in [0.29, 0.717) is 18.3 Å². The summed E-state index contributed by atoms with van der Waals surface area (Å²) in [5, 5.41) is 3.20. The monoisotopic (exact) mass is 332 g/mol. The summed E-state index contributed by atoms with van der Waals surface area (Å²) < 4.78 is 0. The lowest BCUT2D eigenvalue weighted by Crippen LogP contribution is -2.56. The molecule has 5 rings (SSSR count). The van der Waals surface area contributed by atoms with Gasteiger partial charge in [-0.15, -0.1) is 0 Å². The molecule has 4 bridgehead atoms. The lowest BCUT2D eigenvalue weighted by atomic mass is 9.48. The van der Waals surface area contributed by atoms with Crippen molar-refractivity contribution in [1.82, 2.24) is 10.2 Å². The molecule has 0 aromatic rings. The van der Waals surface area contributed by atoms with E-state index in [9.17, 15) is 14.4 Å². The van der Waals surface area contributed by atoms with Gasteiger partial charge in [0.2, 0.25) is 17.7 Å². The van der Waals surface area contributed by atoms with Crippen LogP contribution in [-0.2, 0) is 14.4 Å². The van der Waals surface area contributed by atoms with E-state index in [1.807, 2.05) is 0 Å². The summed E-state index contributed by atoms with van der Waals surface area (Å²) in [6.45, 7) is 2.40.